The number of aromatic nitrogens is 3. The van der Waals surface area contributed by atoms with E-state index in [1.54, 1.807) is 41.4 Å². The van der Waals surface area contributed by atoms with Crippen LogP contribution >= 0.6 is 0 Å². The van der Waals surface area contributed by atoms with Gasteiger partial charge in [-0.3, -0.25) is 4.79 Å². The van der Waals surface area contributed by atoms with Gasteiger partial charge in [-0.05, 0) is 65.6 Å². The highest BCUT2D eigenvalue weighted by molar-refractivity contribution is 5.74. The predicted molar refractivity (Wildman–Crippen MR) is 141 cm³/mol. The van der Waals surface area contributed by atoms with E-state index in [1.165, 1.54) is 0 Å². The molecule has 1 atom stereocenters. The maximum Gasteiger partial charge on any atom is 0.311 e. The Bertz CT molecular complexity index is 875. The number of nitrogens with zero attached hydrogens (tertiary/aromatic N) is 3. The summed E-state index contributed by atoms with van der Waals surface area (Å²) in [5, 5.41) is 16.7. The molecule has 1 unspecified atom stereocenters. The zero-order chi connectivity index (χ0) is 25.6. The second-order valence-corrected chi connectivity index (χ2v) is 6.81. The van der Waals surface area contributed by atoms with Crippen molar-refractivity contribution in [3.8, 4) is 5.82 Å². The Morgan fingerprint density at radius 3 is 2.21 bits per heavy atom. The minimum atomic E-state index is -0.906. The summed E-state index contributed by atoms with van der Waals surface area (Å²) in [6.07, 6.45) is 12.9. The molecule has 6 heteroatoms. The van der Waals surface area contributed by atoms with Crippen molar-refractivity contribution in [3.05, 3.63) is 104 Å². The van der Waals surface area contributed by atoms with Gasteiger partial charge in [0.1, 0.15) is 0 Å². The first-order valence-corrected chi connectivity index (χ1v) is 10.7. The molecule has 33 heavy (non-hydrogen) atoms. The van der Waals surface area contributed by atoms with Gasteiger partial charge in [-0.2, -0.15) is 5.10 Å². The van der Waals surface area contributed by atoms with Crippen LogP contribution in [0.5, 0.6) is 0 Å². The zero-order valence-corrected chi connectivity index (χ0v) is 21.0. The molecule has 0 radical (unpaired) electrons. The van der Waals surface area contributed by atoms with Crippen LogP contribution in [0.4, 0.5) is 0 Å². The van der Waals surface area contributed by atoms with Crippen molar-refractivity contribution in [1.82, 2.24) is 20.1 Å². The van der Waals surface area contributed by atoms with E-state index in [0.29, 0.717) is 17.1 Å². The largest absolute Gasteiger partial charge is 0.481 e. The highest BCUT2D eigenvalue weighted by Gasteiger charge is 2.21. The first-order valence-electron chi connectivity index (χ1n) is 10.7. The molecule has 2 aromatic rings. The molecular formula is C27H40N4O2. The van der Waals surface area contributed by atoms with Crippen molar-refractivity contribution >= 4 is 5.97 Å². The summed E-state index contributed by atoms with van der Waals surface area (Å²) >= 11 is 0. The van der Waals surface area contributed by atoms with Crippen LogP contribution in [-0.2, 0) is 11.2 Å². The number of pyridine rings is 1. The van der Waals surface area contributed by atoms with Crippen molar-refractivity contribution in [2.75, 3.05) is 14.1 Å². The van der Waals surface area contributed by atoms with Crippen molar-refractivity contribution in [3.63, 3.8) is 0 Å². The van der Waals surface area contributed by atoms with Crippen LogP contribution in [0, 0.1) is 5.92 Å². The number of aliphatic carboxylic acids is 1. The lowest BCUT2D eigenvalue weighted by atomic mass is 9.94. The Kier molecular flexibility index (Phi) is 19.6. The molecule has 180 valence electrons. The second-order valence-electron chi connectivity index (χ2n) is 6.81. The van der Waals surface area contributed by atoms with Crippen molar-refractivity contribution < 1.29 is 9.90 Å². The average molecular weight is 453 g/mol. The molecule has 2 N–H and O–H groups in total. The molecule has 0 saturated carbocycles. The standard InChI is InChI=1S/C19H21N3O2.2C3H6.C2H7N/c1-4-7-14(2)12-15(3)17(19(23)24)13-16-9-11-22(21-16)18-8-5-6-10-20-18;3*1-3-2/h4-12,17H,3,13H2,1-2H3,(H,23,24);2*3H,1H2,2H3;3H,1-2H3/b7-4-,14-12-;;;. The third-order valence-electron chi connectivity index (χ3n) is 3.53. The van der Waals surface area contributed by atoms with E-state index in [1.807, 2.05) is 72.1 Å². The summed E-state index contributed by atoms with van der Waals surface area (Å²) in [5.74, 6) is -0.924. The van der Waals surface area contributed by atoms with Gasteiger partial charge in [0.05, 0.1) is 11.6 Å². The van der Waals surface area contributed by atoms with Gasteiger partial charge in [0.2, 0.25) is 0 Å². The molecule has 0 saturated heterocycles. The van der Waals surface area contributed by atoms with E-state index < -0.39 is 11.9 Å². The van der Waals surface area contributed by atoms with Crippen molar-refractivity contribution in [2.45, 2.75) is 34.1 Å². The first-order chi connectivity index (χ1) is 15.7. The highest BCUT2D eigenvalue weighted by Crippen LogP contribution is 2.19. The van der Waals surface area contributed by atoms with Crippen LogP contribution < -0.4 is 5.32 Å². The summed E-state index contributed by atoms with van der Waals surface area (Å²) in [7, 11) is 3.75. The highest BCUT2D eigenvalue weighted by atomic mass is 16.4. The molecule has 2 rings (SSSR count). The Hall–Kier alpha value is -3.51. The van der Waals surface area contributed by atoms with Gasteiger partial charge in [0.15, 0.2) is 5.82 Å². The molecule has 0 aliphatic rings. The Morgan fingerprint density at radius 2 is 1.76 bits per heavy atom. The minimum Gasteiger partial charge on any atom is -0.481 e. The van der Waals surface area contributed by atoms with Crippen LogP contribution in [0.15, 0.2) is 97.9 Å². The predicted octanol–water partition coefficient (Wildman–Crippen LogP) is 5.81. The van der Waals surface area contributed by atoms with Crippen LogP contribution in [0.3, 0.4) is 0 Å². The van der Waals surface area contributed by atoms with Gasteiger partial charge in [0.25, 0.3) is 0 Å². The van der Waals surface area contributed by atoms with E-state index in [-0.39, 0.29) is 6.42 Å². The van der Waals surface area contributed by atoms with E-state index in [2.05, 4.69) is 35.1 Å². The van der Waals surface area contributed by atoms with E-state index >= 15 is 0 Å². The molecule has 0 bridgehead atoms. The summed E-state index contributed by atoms with van der Waals surface area (Å²) in [6.45, 7) is 18.3. The molecule has 0 spiro atoms. The Morgan fingerprint density at radius 1 is 1.18 bits per heavy atom. The molecule has 0 aliphatic carbocycles. The molecule has 2 heterocycles. The maximum absolute atomic E-state index is 11.6. The topological polar surface area (TPSA) is 80.0 Å². The maximum atomic E-state index is 11.6. The lowest BCUT2D eigenvalue weighted by molar-refractivity contribution is -0.140. The molecule has 0 amide bonds. The number of carbonyl (C=O) groups is 1. The molecule has 2 aromatic heterocycles. The quantitative estimate of drug-likeness (QED) is 0.409. The minimum absolute atomic E-state index is 0.285. The van der Waals surface area contributed by atoms with Gasteiger partial charge < -0.3 is 10.4 Å². The fourth-order valence-electron chi connectivity index (χ4n) is 2.38. The van der Waals surface area contributed by atoms with Gasteiger partial charge >= 0.3 is 5.97 Å². The monoisotopic (exact) mass is 452 g/mol. The molecule has 6 nitrogen and oxygen atoms in total. The third-order valence-corrected chi connectivity index (χ3v) is 3.53. The average Bonchev–Trinajstić information content (AvgIpc) is 3.23. The molecular weight excluding hydrogens is 412 g/mol. The molecule has 0 fully saturated rings. The van der Waals surface area contributed by atoms with E-state index in [0.717, 1.165) is 5.57 Å². The summed E-state index contributed by atoms with van der Waals surface area (Å²) in [6, 6.07) is 7.35. The van der Waals surface area contributed by atoms with Gasteiger partial charge in [-0.15, -0.1) is 13.2 Å². The van der Waals surface area contributed by atoms with Gasteiger partial charge in [-0.25, -0.2) is 9.67 Å². The second kappa shape index (κ2) is 20.4. The van der Waals surface area contributed by atoms with Crippen LogP contribution in [0.1, 0.15) is 33.4 Å². The normalized spacial score (nSPS) is 10.9. The Labute approximate surface area is 199 Å². The summed E-state index contributed by atoms with van der Waals surface area (Å²) in [5.41, 5.74) is 2.21. The SMILES string of the molecule is C=C(/C=C(C)\C=C/C)C(Cc1ccn(-c2ccccn2)n1)C(=O)O.C=CC.C=CC.CNC. The fourth-order valence-corrected chi connectivity index (χ4v) is 2.38. The smallest absolute Gasteiger partial charge is 0.311 e. The van der Waals surface area contributed by atoms with Crippen LogP contribution in [-0.4, -0.2) is 39.9 Å². The number of nitrogens with one attached hydrogen (secondary N) is 1. The number of carboxylic acid groups (broad SMARTS) is 1. The summed E-state index contributed by atoms with van der Waals surface area (Å²) < 4.78 is 1.64. The summed E-state index contributed by atoms with van der Waals surface area (Å²) in [4.78, 5) is 15.8. The first kappa shape index (κ1) is 31.7. The number of rotatable bonds is 7. The van der Waals surface area contributed by atoms with Crippen molar-refractivity contribution in [1.29, 1.82) is 0 Å². The number of allylic oxidation sites excluding steroid dienone is 6. The van der Waals surface area contributed by atoms with Crippen LogP contribution in [0.2, 0.25) is 0 Å². The van der Waals surface area contributed by atoms with Gasteiger partial charge in [-0.1, -0.05) is 48.6 Å². The Balaban J connectivity index is 0. The lowest BCUT2D eigenvalue weighted by Gasteiger charge is -2.11. The fraction of sp³-hybridized carbons (Fsp3) is 0.296. The third kappa shape index (κ3) is 15.0. The zero-order valence-electron chi connectivity index (χ0n) is 21.0. The van der Waals surface area contributed by atoms with Crippen molar-refractivity contribution in [2.24, 2.45) is 5.92 Å². The lowest BCUT2D eigenvalue weighted by Crippen LogP contribution is -2.18. The van der Waals surface area contributed by atoms with Gasteiger partial charge in [0, 0.05) is 18.8 Å². The number of carboxylic acids is 1. The molecule has 0 aromatic carbocycles. The van der Waals surface area contributed by atoms with Crippen LogP contribution in [0.25, 0.3) is 5.82 Å². The molecule has 0 aliphatic heterocycles. The number of hydrogen-bond donors (Lipinski definition) is 2. The number of hydrogen-bond acceptors (Lipinski definition) is 4. The van der Waals surface area contributed by atoms with E-state index in [4.69, 9.17) is 0 Å². The van der Waals surface area contributed by atoms with E-state index in [9.17, 15) is 9.90 Å².